The summed E-state index contributed by atoms with van der Waals surface area (Å²) in [4.78, 5) is 14.1. The number of likely N-dealkylation sites (N-methyl/N-ethyl adjacent to an activating group) is 1. The molecule has 1 N–H and O–H groups in total. The van der Waals surface area contributed by atoms with Crippen molar-refractivity contribution in [3.05, 3.63) is 29.8 Å². The lowest BCUT2D eigenvalue weighted by Gasteiger charge is -2.30. The maximum absolute atomic E-state index is 12.2. The number of anilines is 1. The summed E-state index contributed by atoms with van der Waals surface area (Å²) in [5, 5.41) is 3.35. The van der Waals surface area contributed by atoms with Gasteiger partial charge >= 0.3 is 0 Å². The van der Waals surface area contributed by atoms with E-state index in [0.29, 0.717) is 0 Å². The zero-order valence-electron chi connectivity index (χ0n) is 10.6. The van der Waals surface area contributed by atoms with Crippen LogP contribution in [0.15, 0.2) is 24.3 Å². The van der Waals surface area contributed by atoms with Gasteiger partial charge in [-0.2, -0.15) is 0 Å². The van der Waals surface area contributed by atoms with Crippen LogP contribution < -0.4 is 5.32 Å². The molecule has 0 fully saturated rings. The minimum Gasteiger partial charge on any atom is -0.373 e. The molecule has 0 saturated carbocycles. The normalized spacial score (nSPS) is 18.1. The zero-order chi connectivity index (χ0) is 12.3. The van der Waals surface area contributed by atoms with E-state index in [1.54, 1.807) is 0 Å². The number of para-hydroxylation sites is 1. The van der Waals surface area contributed by atoms with Crippen LogP contribution in [0.5, 0.6) is 0 Å². The number of amides is 1. The van der Waals surface area contributed by atoms with Crippen molar-refractivity contribution in [3.8, 4) is 0 Å². The largest absolute Gasteiger partial charge is 0.373 e. The van der Waals surface area contributed by atoms with E-state index in [1.807, 2.05) is 30.9 Å². The minimum atomic E-state index is -0.0511. The van der Waals surface area contributed by atoms with Gasteiger partial charge in [0.1, 0.15) is 6.04 Å². The highest BCUT2D eigenvalue weighted by molar-refractivity contribution is 5.85. The predicted molar refractivity (Wildman–Crippen MR) is 70.1 cm³/mol. The number of rotatable bonds is 3. The van der Waals surface area contributed by atoms with Crippen LogP contribution in [0.2, 0.25) is 0 Å². The van der Waals surface area contributed by atoms with E-state index in [-0.39, 0.29) is 11.9 Å². The van der Waals surface area contributed by atoms with Crippen LogP contribution in [0.4, 0.5) is 5.69 Å². The molecule has 17 heavy (non-hydrogen) atoms. The lowest BCUT2D eigenvalue weighted by molar-refractivity contribution is -0.131. The molecule has 2 rings (SSSR count). The summed E-state index contributed by atoms with van der Waals surface area (Å²) in [5.74, 6) is 0.226. The van der Waals surface area contributed by atoms with E-state index in [4.69, 9.17) is 0 Å². The Hall–Kier alpha value is -1.51. The minimum absolute atomic E-state index is 0.0511. The average molecular weight is 232 g/mol. The maximum Gasteiger partial charge on any atom is 0.245 e. The molecule has 0 saturated heterocycles. The second-order valence-corrected chi connectivity index (χ2v) is 4.40. The summed E-state index contributed by atoms with van der Waals surface area (Å²) in [7, 11) is 0. The number of carbonyl (C=O) groups excluding carboxylic acids is 1. The third-order valence-electron chi connectivity index (χ3n) is 3.42. The Labute approximate surface area is 103 Å². The monoisotopic (exact) mass is 232 g/mol. The molecule has 1 amide bonds. The molecule has 1 atom stereocenters. The molecular weight excluding hydrogens is 212 g/mol. The van der Waals surface area contributed by atoms with Crippen LogP contribution in [0, 0.1) is 0 Å². The standard InChI is InChI=1S/C14H20N2O/c1-3-16(4-2)14(17)13-10-9-11-7-5-6-8-12(11)15-13/h5-8,13,15H,3-4,9-10H2,1-2H3. The Balaban J connectivity index is 2.09. The highest BCUT2D eigenvalue weighted by atomic mass is 16.2. The maximum atomic E-state index is 12.2. The van der Waals surface area contributed by atoms with Gasteiger partial charge in [-0.1, -0.05) is 18.2 Å². The highest BCUT2D eigenvalue weighted by Gasteiger charge is 2.26. The third-order valence-corrected chi connectivity index (χ3v) is 3.42. The quantitative estimate of drug-likeness (QED) is 0.867. The van der Waals surface area contributed by atoms with E-state index >= 15 is 0 Å². The average Bonchev–Trinajstić information content (AvgIpc) is 2.39. The molecule has 0 aromatic heterocycles. The molecule has 1 aromatic rings. The van der Waals surface area contributed by atoms with E-state index in [0.717, 1.165) is 31.6 Å². The Morgan fingerprint density at radius 2 is 2.06 bits per heavy atom. The van der Waals surface area contributed by atoms with Gasteiger partial charge in [0.05, 0.1) is 0 Å². The Morgan fingerprint density at radius 3 is 2.76 bits per heavy atom. The summed E-state index contributed by atoms with van der Waals surface area (Å²) in [6.45, 7) is 5.63. The first-order valence-electron chi connectivity index (χ1n) is 6.39. The SMILES string of the molecule is CCN(CC)C(=O)C1CCc2ccccc2N1. The molecular formula is C14H20N2O. The molecule has 1 aliphatic heterocycles. The van der Waals surface area contributed by atoms with E-state index < -0.39 is 0 Å². The highest BCUT2D eigenvalue weighted by Crippen LogP contribution is 2.24. The molecule has 0 bridgehead atoms. The Bertz CT molecular complexity index is 399. The molecule has 1 aliphatic rings. The lowest BCUT2D eigenvalue weighted by atomic mass is 9.97. The number of benzene rings is 1. The van der Waals surface area contributed by atoms with Crippen molar-refractivity contribution in [2.24, 2.45) is 0 Å². The van der Waals surface area contributed by atoms with Crippen molar-refractivity contribution in [3.63, 3.8) is 0 Å². The van der Waals surface area contributed by atoms with Gasteiger partial charge in [-0.3, -0.25) is 4.79 Å². The number of aryl methyl sites for hydroxylation is 1. The summed E-state index contributed by atoms with van der Waals surface area (Å²) >= 11 is 0. The number of hydrogen-bond acceptors (Lipinski definition) is 2. The van der Waals surface area contributed by atoms with Crippen molar-refractivity contribution in [1.29, 1.82) is 0 Å². The molecule has 0 spiro atoms. The van der Waals surface area contributed by atoms with Gasteiger partial charge in [0, 0.05) is 18.8 Å². The van der Waals surface area contributed by atoms with Crippen molar-refractivity contribution < 1.29 is 4.79 Å². The van der Waals surface area contributed by atoms with Gasteiger partial charge in [0.25, 0.3) is 0 Å². The van der Waals surface area contributed by atoms with Crippen molar-refractivity contribution >= 4 is 11.6 Å². The fraction of sp³-hybridized carbons (Fsp3) is 0.500. The summed E-state index contributed by atoms with van der Waals surface area (Å²) in [5.41, 5.74) is 2.43. The van der Waals surface area contributed by atoms with Gasteiger partial charge in [-0.25, -0.2) is 0 Å². The molecule has 0 radical (unpaired) electrons. The molecule has 1 heterocycles. The fourth-order valence-electron chi connectivity index (χ4n) is 2.38. The predicted octanol–water partition coefficient (Wildman–Crippen LogP) is 2.28. The number of hydrogen-bond donors (Lipinski definition) is 1. The first kappa shape index (κ1) is 12.0. The van der Waals surface area contributed by atoms with Crippen LogP contribution in [0.1, 0.15) is 25.8 Å². The van der Waals surface area contributed by atoms with Gasteiger partial charge in [-0.05, 0) is 38.3 Å². The van der Waals surface area contributed by atoms with Gasteiger partial charge in [-0.15, -0.1) is 0 Å². The summed E-state index contributed by atoms with van der Waals surface area (Å²) < 4.78 is 0. The molecule has 1 aromatic carbocycles. The van der Waals surface area contributed by atoms with Crippen molar-refractivity contribution in [2.75, 3.05) is 18.4 Å². The van der Waals surface area contributed by atoms with Crippen LogP contribution in [-0.2, 0) is 11.2 Å². The van der Waals surface area contributed by atoms with Crippen LogP contribution >= 0.6 is 0 Å². The first-order chi connectivity index (χ1) is 8.26. The fourth-order valence-corrected chi connectivity index (χ4v) is 2.38. The molecule has 92 valence electrons. The van der Waals surface area contributed by atoms with Gasteiger partial charge in [0.2, 0.25) is 5.91 Å². The van der Waals surface area contributed by atoms with Gasteiger partial charge < -0.3 is 10.2 Å². The first-order valence-corrected chi connectivity index (χ1v) is 6.39. The second kappa shape index (κ2) is 5.21. The van der Waals surface area contributed by atoms with Crippen molar-refractivity contribution in [2.45, 2.75) is 32.7 Å². The Morgan fingerprint density at radius 1 is 1.35 bits per heavy atom. The molecule has 3 nitrogen and oxygen atoms in total. The molecule has 0 aliphatic carbocycles. The van der Waals surface area contributed by atoms with Crippen molar-refractivity contribution in [1.82, 2.24) is 4.90 Å². The number of nitrogens with one attached hydrogen (secondary N) is 1. The summed E-state index contributed by atoms with van der Waals surface area (Å²) in [6.07, 6.45) is 1.88. The smallest absolute Gasteiger partial charge is 0.245 e. The number of fused-ring (bicyclic) bond motifs is 1. The lowest BCUT2D eigenvalue weighted by Crippen LogP contribution is -2.44. The topological polar surface area (TPSA) is 32.3 Å². The number of nitrogens with zero attached hydrogens (tertiary/aromatic N) is 1. The molecule has 1 unspecified atom stereocenters. The number of carbonyl (C=O) groups is 1. The third kappa shape index (κ3) is 2.43. The van der Waals surface area contributed by atoms with Crippen LogP contribution in [-0.4, -0.2) is 29.9 Å². The van der Waals surface area contributed by atoms with Gasteiger partial charge in [0.15, 0.2) is 0 Å². The second-order valence-electron chi connectivity index (χ2n) is 4.40. The van der Waals surface area contributed by atoms with Crippen LogP contribution in [0.3, 0.4) is 0 Å². The van der Waals surface area contributed by atoms with Crippen LogP contribution in [0.25, 0.3) is 0 Å². The van der Waals surface area contributed by atoms with E-state index in [1.165, 1.54) is 5.56 Å². The van der Waals surface area contributed by atoms with E-state index in [2.05, 4.69) is 17.4 Å². The summed E-state index contributed by atoms with van der Waals surface area (Å²) in [6, 6.07) is 8.19. The van der Waals surface area contributed by atoms with E-state index in [9.17, 15) is 4.79 Å². The zero-order valence-corrected chi connectivity index (χ0v) is 10.6. The molecule has 3 heteroatoms. The Kier molecular flexibility index (Phi) is 3.67.